The minimum atomic E-state index is 0.0826. The molecule has 1 atom stereocenters. The number of nitrogens with one attached hydrogen (secondary N) is 1. The van der Waals surface area contributed by atoms with Crippen LogP contribution in [0.25, 0.3) is 0 Å². The van der Waals surface area contributed by atoms with Crippen LogP contribution in [-0.2, 0) is 10.2 Å². The number of thiophene rings is 1. The summed E-state index contributed by atoms with van der Waals surface area (Å²) in [6.07, 6.45) is 1.19. The van der Waals surface area contributed by atoms with Gasteiger partial charge < -0.3 is 15.0 Å². The second-order valence-electron chi connectivity index (χ2n) is 6.79. The fourth-order valence-corrected chi connectivity index (χ4v) is 3.73. The Balaban J connectivity index is 1.98. The molecule has 1 N–H and O–H groups in total. The zero-order chi connectivity index (χ0) is 16.7. The minimum absolute atomic E-state index is 0.0826. The monoisotopic (exact) mass is 337 g/mol. The number of aliphatic imine (C=N–C) groups is 1. The summed E-state index contributed by atoms with van der Waals surface area (Å²) in [4.78, 5) is 8.72. The highest BCUT2D eigenvalue weighted by Gasteiger charge is 2.26. The van der Waals surface area contributed by atoms with Crippen molar-refractivity contribution in [3.05, 3.63) is 22.4 Å². The standard InChI is InChI=1S/C18H31N3OS/c1-5-19-17(21-10-9-15(12-21)13-22-6-2)20-14-18(3,4)16-8-7-11-23-16/h7-8,11,15H,5-6,9-10,12-14H2,1-4H3,(H,19,20). The molecule has 1 fully saturated rings. The lowest BCUT2D eigenvalue weighted by Crippen LogP contribution is -2.41. The van der Waals surface area contributed by atoms with Gasteiger partial charge in [-0.25, -0.2) is 0 Å². The summed E-state index contributed by atoms with van der Waals surface area (Å²) in [5.74, 6) is 1.68. The highest BCUT2D eigenvalue weighted by Crippen LogP contribution is 2.28. The van der Waals surface area contributed by atoms with Crippen molar-refractivity contribution in [3.63, 3.8) is 0 Å². The topological polar surface area (TPSA) is 36.9 Å². The van der Waals surface area contributed by atoms with E-state index in [-0.39, 0.29) is 5.41 Å². The first-order valence-electron chi connectivity index (χ1n) is 8.71. The molecule has 2 heterocycles. The summed E-state index contributed by atoms with van der Waals surface area (Å²) >= 11 is 1.82. The average molecular weight is 338 g/mol. The Morgan fingerprint density at radius 1 is 1.48 bits per heavy atom. The van der Waals surface area contributed by atoms with Crippen molar-refractivity contribution in [2.45, 2.75) is 39.5 Å². The van der Waals surface area contributed by atoms with Gasteiger partial charge in [-0.3, -0.25) is 4.99 Å². The maximum absolute atomic E-state index is 5.58. The maximum atomic E-state index is 5.58. The molecule has 1 aromatic heterocycles. The molecule has 1 aliphatic heterocycles. The van der Waals surface area contributed by atoms with Crippen LogP contribution >= 0.6 is 11.3 Å². The third-order valence-corrected chi connectivity index (χ3v) is 5.53. The number of likely N-dealkylation sites (tertiary alicyclic amines) is 1. The van der Waals surface area contributed by atoms with Gasteiger partial charge in [-0.15, -0.1) is 11.3 Å². The van der Waals surface area contributed by atoms with E-state index in [1.807, 2.05) is 11.3 Å². The summed E-state index contributed by atoms with van der Waals surface area (Å²) in [5.41, 5.74) is 0.0826. The smallest absolute Gasteiger partial charge is 0.193 e. The molecule has 0 bridgehead atoms. The number of ether oxygens (including phenoxy) is 1. The molecule has 23 heavy (non-hydrogen) atoms. The molecule has 0 saturated carbocycles. The minimum Gasteiger partial charge on any atom is -0.381 e. The lowest BCUT2D eigenvalue weighted by atomic mass is 9.92. The normalized spacial score (nSPS) is 19.4. The van der Waals surface area contributed by atoms with Crippen LogP contribution in [0.15, 0.2) is 22.5 Å². The third-order valence-electron chi connectivity index (χ3n) is 4.29. The molecule has 1 aromatic rings. The second-order valence-corrected chi connectivity index (χ2v) is 7.74. The Kier molecular flexibility index (Phi) is 6.90. The summed E-state index contributed by atoms with van der Waals surface area (Å²) in [7, 11) is 0. The SMILES string of the molecule is CCNC(=NCC(C)(C)c1cccs1)N1CCC(COCC)C1. The zero-order valence-corrected chi connectivity index (χ0v) is 15.8. The van der Waals surface area contributed by atoms with E-state index in [2.05, 4.69) is 55.4 Å². The molecule has 0 spiro atoms. The van der Waals surface area contributed by atoms with Crippen molar-refractivity contribution in [1.29, 1.82) is 0 Å². The maximum Gasteiger partial charge on any atom is 0.193 e. The van der Waals surface area contributed by atoms with E-state index < -0.39 is 0 Å². The Labute approximate surface area is 144 Å². The average Bonchev–Trinajstić information content (AvgIpc) is 3.20. The molecular formula is C18H31N3OS. The zero-order valence-electron chi connectivity index (χ0n) is 15.0. The van der Waals surface area contributed by atoms with Crippen molar-refractivity contribution in [2.75, 3.05) is 39.4 Å². The van der Waals surface area contributed by atoms with Gasteiger partial charge in [0, 0.05) is 42.5 Å². The van der Waals surface area contributed by atoms with Crippen LogP contribution < -0.4 is 5.32 Å². The van der Waals surface area contributed by atoms with Gasteiger partial charge >= 0.3 is 0 Å². The molecule has 4 nitrogen and oxygen atoms in total. The van der Waals surface area contributed by atoms with Crippen LogP contribution in [0.2, 0.25) is 0 Å². The molecule has 0 amide bonds. The van der Waals surface area contributed by atoms with Crippen molar-refractivity contribution >= 4 is 17.3 Å². The van der Waals surface area contributed by atoms with E-state index in [4.69, 9.17) is 9.73 Å². The Hall–Kier alpha value is -1.07. The van der Waals surface area contributed by atoms with Crippen LogP contribution in [0.5, 0.6) is 0 Å². The van der Waals surface area contributed by atoms with E-state index >= 15 is 0 Å². The van der Waals surface area contributed by atoms with E-state index in [1.54, 1.807) is 0 Å². The summed E-state index contributed by atoms with van der Waals surface area (Å²) in [6, 6.07) is 4.33. The van der Waals surface area contributed by atoms with Gasteiger partial charge in [-0.1, -0.05) is 19.9 Å². The highest BCUT2D eigenvalue weighted by atomic mass is 32.1. The van der Waals surface area contributed by atoms with Crippen LogP contribution in [0.1, 0.15) is 39.0 Å². The van der Waals surface area contributed by atoms with Gasteiger partial charge in [-0.2, -0.15) is 0 Å². The number of guanidine groups is 1. The van der Waals surface area contributed by atoms with Gasteiger partial charge in [0.2, 0.25) is 0 Å². The van der Waals surface area contributed by atoms with Crippen molar-refractivity contribution in [2.24, 2.45) is 10.9 Å². The molecule has 2 rings (SSSR count). The lowest BCUT2D eigenvalue weighted by Gasteiger charge is -2.25. The largest absolute Gasteiger partial charge is 0.381 e. The van der Waals surface area contributed by atoms with Crippen LogP contribution in [0, 0.1) is 5.92 Å². The first-order valence-corrected chi connectivity index (χ1v) is 9.59. The number of hydrogen-bond acceptors (Lipinski definition) is 3. The summed E-state index contributed by atoms with van der Waals surface area (Å²) < 4.78 is 5.58. The molecule has 5 heteroatoms. The van der Waals surface area contributed by atoms with Crippen molar-refractivity contribution < 1.29 is 4.74 Å². The quantitative estimate of drug-likeness (QED) is 0.612. The van der Waals surface area contributed by atoms with Crippen molar-refractivity contribution in [1.82, 2.24) is 10.2 Å². The fraction of sp³-hybridized carbons (Fsp3) is 0.722. The van der Waals surface area contributed by atoms with Crippen LogP contribution in [0.4, 0.5) is 0 Å². The fourth-order valence-electron chi connectivity index (χ4n) is 2.89. The van der Waals surface area contributed by atoms with Gasteiger partial charge in [0.05, 0.1) is 13.2 Å². The highest BCUT2D eigenvalue weighted by molar-refractivity contribution is 7.10. The van der Waals surface area contributed by atoms with Gasteiger partial charge in [-0.05, 0) is 31.7 Å². The van der Waals surface area contributed by atoms with Gasteiger partial charge in [0.1, 0.15) is 0 Å². The number of rotatable bonds is 7. The molecule has 130 valence electrons. The van der Waals surface area contributed by atoms with E-state index in [0.29, 0.717) is 5.92 Å². The second kappa shape index (κ2) is 8.69. The predicted octanol–water partition coefficient (Wildman–Crippen LogP) is 3.35. The Morgan fingerprint density at radius 2 is 2.30 bits per heavy atom. The molecular weight excluding hydrogens is 306 g/mol. The van der Waals surface area contributed by atoms with Gasteiger partial charge in [0.25, 0.3) is 0 Å². The van der Waals surface area contributed by atoms with Crippen LogP contribution in [-0.4, -0.2) is 50.3 Å². The predicted molar refractivity (Wildman–Crippen MR) is 99.5 cm³/mol. The molecule has 0 aromatic carbocycles. The van der Waals surface area contributed by atoms with Crippen molar-refractivity contribution in [3.8, 4) is 0 Å². The van der Waals surface area contributed by atoms with Crippen LogP contribution in [0.3, 0.4) is 0 Å². The Bertz CT molecular complexity index is 484. The summed E-state index contributed by atoms with van der Waals surface area (Å²) in [5, 5.41) is 5.60. The van der Waals surface area contributed by atoms with E-state index in [0.717, 1.165) is 45.4 Å². The summed E-state index contributed by atoms with van der Waals surface area (Å²) in [6.45, 7) is 14.2. The molecule has 0 aliphatic carbocycles. The molecule has 1 aliphatic rings. The molecule has 0 radical (unpaired) electrons. The number of nitrogens with zero attached hydrogens (tertiary/aromatic N) is 2. The third kappa shape index (κ3) is 5.21. The first kappa shape index (κ1) is 18.3. The molecule has 1 saturated heterocycles. The number of hydrogen-bond donors (Lipinski definition) is 1. The van der Waals surface area contributed by atoms with Gasteiger partial charge in [0.15, 0.2) is 5.96 Å². The Morgan fingerprint density at radius 3 is 2.96 bits per heavy atom. The lowest BCUT2D eigenvalue weighted by molar-refractivity contribution is 0.114. The van der Waals surface area contributed by atoms with E-state index in [9.17, 15) is 0 Å². The molecule has 1 unspecified atom stereocenters. The van der Waals surface area contributed by atoms with E-state index in [1.165, 1.54) is 11.3 Å². The first-order chi connectivity index (χ1) is 11.1.